The molecule has 0 spiro atoms. The quantitative estimate of drug-likeness (QED) is 0.386. The average molecular weight is 471 g/mol. The molecular formula is C31H38N2O2. The second kappa shape index (κ2) is 12.9. The van der Waals surface area contributed by atoms with E-state index < -0.39 is 6.04 Å². The number of rotatable bonds is 11. The molecule has 2 atom stereocenters. The summed E-state index contributed by atoms with van der Waals surface area (Å²) < 4.78 is 0. The minimum absolute atomic E-state index is 0.00798. The Morgan fingerprint density at radius 1 is 0.800 bits per heavy atom. The van der Waals surface area contributed by atoms with Gasteiger partial charge in [-0.1, -0.05) is 96.9 Å². The Morgan fingerprint density at radius 2 is 1.37 bits per heavy atom. The van der Waals surface area contributed by atoms with Crippen molar-refractivity contribution in [1.82, 2.24) is 10.2 Å². The molecule has 0 aromatic heterocycles. The third-order valence-electron chi connectivity index (χ3n) is 6.49. The minimum Gasteiger partial charge on any atom is -0.352 e. The Kier molecular flexibility index (Phi) is 9.66. The zero-order valence-corrected chi connectivity index (χ0v) is 21.5. The Hall–Kier alpha value is -3.40. The smallest absolute Gasteiger partial charge is 0.243 e. The molecule has 0 aliphatic carbocycles. The van der Waals surface area contributed by atoms with Gasteiger partial charge in [-0.25, -0.2) is 0 Å². The van der Waals surface area contributed by atoms with E-state index >= 15 is 0 Å². The SMILES string of the molecule is CCC(C)NC(=O)C(Cc1ccccc1)N(Cc1ccc(C)cc1)C(=O)CCc1ccc(C)cc1. The van der Waals surface area contributed by atoms with Gasteiger partial charge < -0.3 is 10.2 Å². The molecule has 184 valence electrons. The molecule has 3 rings (SSSR count). The molecule has 3 aromatic carbocycles. The molecule has 2 unspecified atom stereocenters. The Labute approximate surface area is 210 Å². The first-order chi connectivity index (χ1) is 16.9. The largest absolute Gasteiger partial charge is 0.352 e. The van der Waals surface area contributed by atoms with Crippen molar-refractivity contribution in [2.24, 2.45) is 0 Å². The van der Waals surface area contributed by atoms with Gasteiger partial charge in [-0.2, -0.15) is 0 Å². The van der Waals surface area contributed by atoms with Crippen LogP contribution in [-0.4, -0.2) is 28.8 Å². The fraction of sp³-hybridized carbons (Fsp3) is 0.355. The molecular weight excluding hydrogens is 432 g/mol. The monoisotopic (exact) mass is 470 g/mol. The van der Waals surface area contributed by atoms with Gasteiger partial charge in [0.05, 0.1) is 0 Å². The number of hydrogen-bond donors (Lipinski definition) is 1. The van der Waals surface area contributed by atoms with Gasteiger partial charge in [0.2, 0.25) is 11.8 Å². The molecule has 0 aliphatic rings. The van der Waals surface area contributed by atoms with Crippen molar-refractivity contribution in [2.75, 3.05) is 0 Å². The zero-order valence-electron chi connectivity index (χ0n) is 21.5. The summed E-state index contributed by atoms with van der Waals surface area (Å²) in [5.41, 5.74) is 5.56. The fourth-order valence-electron chi connectivity index (χ4n) is 4.03. The number of carbonyl (C=O) groups is 2. The number of hydrogen-bond acceptors (Lipinski definition) is 2. The van der Waals surface area contributed by atoms with Gasteiger partial charge in [0.1, 0.15) is 6.04 Å². The highest BCUT2D eigenvalue weighted by atomic mass is 16.2. The van der Waals surface area contributed by atoms with Gasteiger partial charge in [-0.3, -0.25) is 9.59 Å². The maximum absolute atomic E-state index is 13.7. The van der Waals surface area contributed by atoms with E-state index in [1.165, 1.54) is 11.1 Å². The summed E-state index contributed by atoms with van der Waals surface area (Å²) in [4.78, 5) is 29.0. The van der Waals surface area contributed by atoms with Gasteiger partial charge in [-0.15, -0.1) is 0 Å². The van der Waals surface area contributed by atoms with Crippen molar-refractivity contribution in [1.29, 1.82) is 0 Å². The van der Waals surface area contributed by atoms with Crippen LogP contribution in [0.4, 0.5) is 0 Å². The van der Waals surface area contributed by atoms with Crippen LogP contribution in [-0.2, 0) is 29.0 Å². The van der Waals surface area contributed by atoms with Crippen LogP contribution in [0.5, 0.6) is 0 Å². The highest BCUT2D eigenvalue weighted by molar-refractivity contribution is 5.88. The Bertz CT molecular complexity index is 1080. The summed E-state index contributed by atoms with van der Waals surface area (Å²) >= 11 is 0. The maximum atomic E-state index is 13.7. The number of carbonyl (C=O) groups excluding carboxylic acids is 2. The van der Waals surface area contributed by atoms with E-state index in [1.54, 1.807) is 4.90 Å². The summed E-state index contributed by atoms with van der Waals surface area (Å²) in [6.07, 6.45) is 2.32. The molecule has 0 fully saturated rings. The van der Waals surface area contributed by atoms with Crippen LogP contribution in [0.3, 0.4) is 0 Å². The highest BCUT2D eigenvalue weighted by Gasteiger charge is 2.30. The van der Waals surface area contributed by atoms with E-state index in [0.717, 1.165) is 23.1 Å². The highest BCUT2D eigenvalue weighted by Crippen LogP contribution is 2.18. The second-order valence-electron chi connectivity index (χ2n) is 9.52. The summed E-state index contributed by atoms with van der Waals surface area (Å²) in [6, 6.07) is 25.9. The third kappa shape index (κ3) is 8.10. The predicted molar refractivity (Wildman–Crippen MR) is 143 cm³/mol. The fourth-order valence-corrected chi connectivity index (χ4v) is 4.03. The number of nitrogens with zero attached hydrogens (tertiary/aromatic N) is 1. The van der Waals surface area contributed by atoms with Gasteiger partial charge in [-0.05, 0) is 50.3 Å². The number of benzene rings is 3. The van der Waals surface area contributed by atoms with E-state index in [9.17, 15) is 9.59 Å². The van der Waals surface area contributed by atoms with Crippen molar-refractivity contribution in [3.05, 3.63) is 107 Å². The lowest BCUT2D eigenvalue weighted by Gasteiger charge is -2.32. The zero-order chi connectivity index (χ0) is 25.2. The van der Waals surface area contributed by atoms with Crippen molar-refractivity contribution in [3.8, 4) is 0 Å². The van der Waals surface area contributed by atoms with Crippen LogP contribution in [0.2, 0.25) is 0 Å². The molecule has 0 saturated heterocycles. The predicted octanol–water partition coefficient (Wildman–Crippen LogP) is 5.79. The first kappa shape index (κ1) is 26.2. The van der Waals surface area contributed by atoms with Crippen LogP contribution in [0.1, 0.15) is 54.5 Å². The van der Waals surface area contributed by atoms with E-state index in [1.807, 2.05) is 63.2 Å². The first-order valence-electron chi connectivity index (χ1n) is 12.6. The van der Waals surface area contributed by atoms with Crippen LogP contribution in [0, 0.1) is 13.8 Å². The molecule has 2 amide bonds. The van der Waals surface area contributed by atoms with Gasteiger partial charge in [0.25, 0.3) is 0 Å². The van der Waals surface area contributed by atoms with Crippen molar-refractivity contribution in [2.45, 2.75) is 72.0 Å². The lowest BCUT2D eigenvalue weighted by atomic mass is 10.0. The molecule has 1 N–H and O–H groups in total. The molecule has 3 aromatic rings. The summed E-state index contributed by atoms with van der Waals surface area (Å²) in [5, 5.41) is 3.13. The molecule has 0 saturated carbocycles. The molecule has 0 radical (unpaired) electrons. The number of nitrogens with one attached hydrogen (secondary N) is 1. The lowest BCUT2D eigenvalue weighted by Crippen LogP contribution is -2.52. The van der Waals surface area contributed by atoms with Gasteiger partial charge in [0.15, 0.2) is 0 Å². The Balaban J connectivity index is 1.89. The van der Waals surface area contributed by atoms with Crippen LogP contribution in [0.25, 0.3) is 0 Å². The van der Waals surface area contributed by atoms with Crippen molar-refractivity contribution in [3.63, 3.8) is 0 Å². The van der Waals surface area contributed by atoms with E-state index in [-0.39, 0.29) is 17.9 Å². The van der Waals surface area contributed by atoms with Crippen molar-refractivity contribution >= 4 is 11.8 Å². The normalized spacial score (nSPS) is 12.6. The van der Waals surface area contributed by atoms with E-state index in [2.05, 4.69) is 48.6 Å². The van der Waals surface area contributed by atoms with E-state index in [4.69, 9.17) is 0 Å². The molecule has 0 heterocycles. The Morgan fingerprint density at radius 3 is 1.94 bits per heavy atom. The minimum atomic E-state index is -0.585. The first-order valence-corrected chi connectivity index (χ1v) is 12.6. The summed E-state index contributed by atoms with van der Waals surface area (Å²) in [5.74, 6) is -0.106. The molecule has 35 heavy (non-hydrogen) atoms. The third-order valence-corrected chi connectivity index (χ3v) is 6.49. The molecule has 0 bridgehead atoms. The standard InChI is InChI=1S/C31H38N2O2/c1-5-25(4)32-31(35)29(21-27-9-7-6-8-10-27)33(22-28-17-13-24(3)14-18-28)30(34)20-19-26-15-11-23(2)12-16-26/h6-18,25,29H,5,19-22H2,1-4H3,(H,32,35). The molecule has 4 nitrogen and oxygen atoms in total. The molecule has 0 aliphatic heterocycles. The van der Waals surface area contributed by atoms with Crippen LogP contribution in [0.15, 0.2) is 78.9 Å². The number of amides is 2. The van der Waals surface area contributed by atoms with E-state index in [0.29, 0.717) is 25.8 Å². The van der Waals surface area contributed by atoms with Crippen molar-refractivity contribution < 1.29 is 9.59 Å². The number of aryl methyl sites for hydroxylation is 3. The lowest BCUT2D eigenvalue weighted by molar-refractivity contribution is -0.141. The second-order valence-corrected chi connectivity index (χ2v) is 9.52. The topological polar surface area (TPSA) is 49.4 Å². The summed E-state index contributed by atoms with van der Waals surface area (Å²) in [6.45, 7) is 8.56. The van der Waals surface area contributed by atoms with Crippen LogP contribution >= 0.6 is 0 Å². The van der Waals surface area contributed by atoms with Gasteiger partial charge >= 0.3 is 0 Å². The van der Waals surface area contributed by atoms with Crippen LogP contribution < -0.4 is 5.32 Å². The molecule has 4 heteroatoms. The maximum Gasteiger partial charge on any atom is 0.243 e. The average Bonchev–Trinajstić information content (AvgIpc) is 2.87. The van der Waals surface area contributed by atoms with Gasteiger partial charge in [0, 0.05) is 25.4 Å². The summed E-state index contributed by atoms with van der Waals surface area (Å²) in [7, 11) is 0.